The maximum Gasteiger partial charge on any atom is 0.261 e. The van der Waals surface area contributed by atoms with Gasteiger partial charge in [-0.05, 0) is 42.8 Å². The normalized spacial score (nSPS) is 13.9. The minimum Gasteiger partial charge on any atom is -0.486 e. The molecular weight excluding hydrogens is 365 g/mol. The van der Waals surface area contributed by atoms with Crippen LogP contribution in [0.15, 0.2) is 36.4 Å². The number of ether oxygens (including phenoxy) is 3. The summed E-state index contributed by atoms with van der Waals surface area (Å²) in [7, 11) is 0. The lowest BCUT2D eigenvalue weighted by atomic mass is 10.2. The molecule has 1 amide bonds. The summed E-state index contributed by atoms with van der Waals surface area (Å²) in [4.78, 5) is 12.2. The number of hydrogen-bond acceptors (Lipinski definition) is 4. The monoisotopic (exact) mass is 381 g/mol. The van der Waals surface area contributed by atoms with Crippen molar-refractivity contribution in [2.24, 2.45) is 0 Å². The zero-order valence-corrected chi connectivity index (χ0v) is 15.1. The summed E-state index contributed by atoms with van der Waals surface area (Å²) >= 11 is 11.9. The third-order valence-electron chi connectivity index (χ3n) is 3.64. The van der Waals surface area contributed by atoms with E-state index in [-0.39, 0.29) is 5.91 Å². The van der Waals surface area contributed by atoms with Crippen LogP contribution < -0.4 is 19.5 Å². The van der Waals surface area contributed by atoms with E-state index in [0.29, 0.717) is 41.3 Å². The fourth-order valence-electron chi connectivity index (χ4n) is 2.35. The molecule has 2 aromatic carbocycles. The summed E-state index contributed by atoms with van der Waals surface area (Å²) in [5.41, 5.74) is 0.911. The maximum atomic E-state index is 12.2. The van der Waals surface area contributed by atoms with Crippen LogP contribution in [0.4, 0.5) is 0 Å². The first-order valence-corrected chi connectivity index (χ1v) is 8.56. The molecule has 5 nitrogen and oxygen atoms in total. The SMILES string of the molecule is CC(Oc1ccc(Cl)cc1Cl)C(=O)NCc1ccc2c(c1)OCCO2. The molecule has 0 aliphatic carbocycles. The maximum absolute atomic E-state index is 12.2. The van der Waals surface area contributed by atoms with Crippen molar-refractivity contribution in [1.82, 2.24) is 5.32 Å². The molecule has 0 radical (unpaired) electrons. The third-order valence-corrected chi connectivity index (χ3v) is 4.17. The highest BCUT2D eigenvalue weighted by molar-refractivity contribution is 6.35. The number of fused-ring (bicyclic) bond motifs is 1. The topological polar surface area (TPSA) is 56.8 Å². The van der Waals surface area contributed by atoms with E-state index < -0.39 is 6.10 Å². The highest BCUT2D eigenvalue weighted by atomic mass is 35.5. The van der Waals surface area contributed by atoms with E-state index in [4.69, 9.17) is 37.4 Å². The molecule has 0 spiro atoms. The lowest BCUT2D eigenvalue weighted by Gasteiger charge is -2.19. The molecule has 1 aliphatic rings. The molecule has 7 heteroatoms. The molecule has 0 aromatic heterocycles. The molecule has 25 heavy (non-hydrogen) atoms. The van der Waals surface area contributed by atoms with Gasteiger partial charge in [0.2, 0.25) is 0 Å². The van der Waals surface area contributed by atoms with Crippen LogP contribution in [0.5, 0.6) is 17.2 Å². The molecule has 0 saturated heterocycles. The Morgan fingerprint density at radius 2 is 1.92 bits per heavy atom. The van der Waals surface area contributed by atoms with Crippen LogP contribution >= 0.6 is 23.2 Å². The number of amides is 1. The van der Waals surface area contributed by atoms with Crippen LogP contribution in [0, 0.1) is 0 Å². The average molecular weight is 382 g/mol. The first-order valence-electron chi connectivity index (χ1n) is 7.81. The molecule has 132 valence electrons. The second-order valence-electron chi connectivity index (χ2n) is 5.53. The van der Waals surface area contributed by atoms with Gasteiger partial charge in [-0.15, -0.1) is 0 Å². The summed E-state index contributed by atoms with van der Waals surface area (Å²) in [5, 5.41) is 3.69. The third kappa shape index (κ3) is 4.50. The molecule has 0 fully saturated rings. The number of carbonyl (C=O) groups excluding carboxylic acids is 1. The van der Waals surface area contributed by atoms with Crippen molar-refractivity contribution in [2.75, 3.05) is 13.2 Å². The van der Waals surface area contributed by atoms with Gasteiger partial charge in [0.05, 0.1) is 5.02 Å². The molecule has 1 aliphatic heterocycles. The Hall–Kier alpha value is -2.11. The van der Waals surface area contributed by atoms with E-state index in [1.807, 2.05) is 18.2 Å². The summed E-state index contributed by atoms with van der Waals surface area (Å²) in [6, 6.07) is 10.4. The van der Waals surface area contributed by atoms with E-state index >= 15 is 0 Å². The van der Waals surface area contributed by atoms with E-state index in [9.17, 15) is 4.79 Å². The van der Waals surface area contributed by atoms with Crippen molar-refractivity contribution in [3.63, 3.8) is 0 Å². The Balaban J connectivity index is 1.56. The van der Waals surface area contributed by atoms with Gasteiger partial charge in [-0.25, -0.2) is 0 Å². The molecule has 1 N–H and O–H groups in total. The summed E-state index contributed by atoms with van der Waals surface area (Å²) < 4.78 is 16.6. The van der Waals surface area contributed by atoms with Gasteiger partial charge in [-0.1, -0.05) is 29.3 Å². The Labute approximate surface area is 155 Å². The fraction of sp³-hybridized carbons (Fsp3) is 0.278. The van der Waals surface area contributed by atoms with E-state index in [0.717, 1.165) is 11.3 Å². The molecule has 3 rings (SSSR count). The second kappa shape index (κ2) is 7.85. The standard InChI is InChI=1S/C18H17Cl2NO4/c1-11(25-15-5-3-13(19)9-14(15)20)18(22)21-10-12-2-4-16-17(8-12)24-7-6-23-16/h2-5,8-9,11H,6-7,10H2,1H3,(H,21,22). The van der Waals surface area contributed by atoms with Gasteiger partial charge in [0.1, 0.15) is 19.0 Å². The van der Waals surface area contributed by atoms with Crippen molar-refractivity contribution in [2.45, 2.75) is 19.6 Å². The van der Waals surface area contributed by atoms with Crippen molar-refractivity contribution >= 4 is 29.1 Å². The average Bonchev–Trinajstić information content (AvgIpc) is 2.61. The predicted molar refractivity (Wildman–Crippen MR) is 95.8 cm³/mol. The van der Waals surface area contributed by atoms with Gasteiger partial charge in [-0.2, -0.15) is 0 Å². The van der Waals surface area contributed by atoms with Crippen molar-refractivity contribution in [3.8, 4) is 17.2 Å². The smallest absolute Gasteiger partial charge is 0.261 e. The van der Waals surface area contributed by atoms with Crippen LogP contribution in [0.2, 0.25) is 10.0 Å². The molecule has 1 heterocycles. The van der Waals surface area contributed by atoms with Gasteiger partial charge in [0.15, 0.2) is 17.6 Å². The van der Waals surface area contributed by atoms with Gasteiger partial charge >= 0.3 is 0 Å². The van der Waals surface area contributed by atoms with Crippen LogP contribution in [0.3, 0.4) is 0 Å². The van der Waals surface area contributed by atoms with E-state index in [1.165, 1.54) is 0 Å². The molecule has 1 unspecified atom stereocenters. The molecule has 0 bridgehead atoms. The minimum absolute atomic E-state index is 0.249. The fourth-order valence-corrected chi connectivity index (χ4v) is 2.80. The Morgan fingerprint density at radius 3 is 2.68 bits per heavy atom. The van der Waals surface area contributed by atoms with Crippen LogP contribution in [0.25, 0.3) is 0 Å². The molecule has 1 atom stereocenters. The van der Waals surface area contributed by atoms with E-state index in [1.54, 1.807) is 25.1 Å². The Bertz CT molecular complexity index is 782. The first-order chi connectivity index (χ1) is 12.0. The molecule has 0 saturated carbocycles. The number of benzene rings is 2. The first kappa shape index (κ1) is 17.7. The van der Waals surface area contributed by atoms with Crippen molar-refractivity contribution in [1.29, 1.82) is 0 Å². The van der Waals surface area contributed by atoms with Gasteiger partial charge in [-0.3, -0.25) is 4.79 Å². The van der Waals surface area contributed by atoms with Crippen LogP contribution in [0.1, 0.15) is 12.5 Å². The number of halogens is 2. The van der Waals surface area contributed by atoms with Crippen LogP contribution in [-0.4, -0.2) is 25.2 Å². The number of rotatable bonds is 5. The predicted octanol–water partition coefficient (Wildman–Crippen LogP) is 3.85. The number of nitrogens with one attached hydrogen (secondary N) is 1. The van der Waals surface area contributed by atoms with Crippen LogP contribution in [-0.2, 0) is 11.3 Å². The lowest BCUT2D eigenvalue weighted by molar-refractivity contribution is -0.127. The molecule has 2 aromatic rings. The quantitative estimate of drug-likeness (QED) is 0.854. The number of carbonyl (C=O) groups is 1. The number of hydrogen-bond donors (Lipinski definition) is 1. The van der Waals surface area contributed by atoms with Gasteiger partial charge in [0.25, 0.3) is 5.91 Å². The largest absolute Gasteiger partial charge is 0.486 e. The Morgan fingerprint density at radius 1 is 1.16 bits per heavy atom. The lowest BCUT2D eigenvalue weighted by Crippen LogP contribution is -2.36. The van der Waals surface area contributed by atoms with Crippen molar-refractivity contribution < 1.29 is 19.0 Å². The minimum atomic E-state index is -0.698. The second-order valence-corrected chi connectivity index (χ2v) is 6.37. The summed E-state index contributed by atoms with van der Waals surface area (Å²) in [5.74, 6) is 1.57. The zero-order valence-electron chi connectivity index (χ0n) is 13.6. The van der Waals surface area contributed by atoms with Gasteiger partial charge < -0.3 is 19.5 Å². The Kier molecular flexibility index (Phi) is 5.56. The molecular formula is C18H17Cl2NO4. The summed E-state index contributed by atoms with van der Waals surface area (Å²) in [6.07, 6.45) is -0.698. The highest BCUT2D eigenvalue weighted by Crippen LogP contribution is 2.31. The summed E-state index contributed by atoms with van der Waals surface area (Å²) in [6.45, 7) is 3.09. The zero-order chi connectivity index (χ0) is 17.8. The highest BCUT2D eigenvalue weighted by Gasteiger charge is 2.17. The van der Waals surface area contributed by atoms with Crippen molar-refractivity contribution in [3.05, 3.63) is 52.0 Å². The van der Waals surface area contributed by atoms with Gasteiger partial charge in [0, 0.05) is 11.6 Å². The van der Waals surface area contributed by atoms with E-state index in [2.05, 4.69) is 5.32 Å².